The Hall–Kier alpha value is -1.52. The van der Waals surface area contributed by atoms with E-state index in [1.807, 2.05) is 24.3 Å². The first kappa shape index (κ1) is 17.5. The van der Waals surface area contributed by atoms with Crippen LogP contribution in [0.2, 0.25) is 0 Å². The molecule has 0 radical (unpaired) electrons. The van der Waals surface area contributed by atoms with Gasteiger partial charge in [0.25, 0.3) is 0 Å². The van der Waals surface area contributed by atoms with Crippen LogP contribution in [0.25, 0.3) is 0 Å². The van der Waals surface area contributed by atoms with Crippen molar-refractivity contribution in [3.05, 3.63) is 48.6 Å². The van der Waals surface area contributed by atoms with Crippen LogP contribution in [0.15, 0.2) is 43.0 Å². The predicted molar refractivity (Wildman–Crippen MR) is 93.3 cm³/mol. The van der Waals surface area contributed by atoms with Gasteiger partial charge in [0.15, 0.2) is 0 Å². The quantitative estimate of drug-likeness (QED) is 0.461. The van der Waals surface area contributed by atoms with Crippen LogP contribution in [0, 0.1) is 11.8 Å². The van der Waals surface area contributed by atoms with Gasteiger partial charge in [-0.3, -0.25) is 4.90 Å². The normalized spacial score (nSPS) is 11.8. The van der Waals surface area contributed by atoms with Crippen molar-refractivity contribution in [2.24, 2.45) is 0 Å². The Morgan fingerprint density at radius 1 is 1.10 bits per heavy atom. The summed E-state index contributed by atoms with van der Waals surface area (Å²) in [7, 11) is 0. The summed E-state index contributed by atoms with van der Waals surface area (Å²) in [6.45, 7) is 10.7. The van der Waals surface area contributed by atoms with Crippen molar-refractivity contribution in [1.82, 2.24) is 4.90 Å². The summed E-state index contributed by atoms with van der Waals surface area (Å²) in [4.78, 5) is 2.53. The first-order valence-corrected chi connectivity index (χ1v) is 8.23. The minimum absolute atomic E-state index is 0.292. The van der Waals surface area contributed by atoms with Crippen LogP contribution < -0.4 is 0 Å². The monoisotopic (exact) mass is 283 g/mol. The number of hydrogen-bond donors (Lipinski definition) is 0. The van der Waals surface area contributed by atoms with Gasteiger partial charge in [0.1, 0.15) is 0 Å². The van der Waals surface area contributed by atoms with Crippen LogP contribution in [0.4, 0.5) is 0 Å². The number of hydrogen-bond acceptors (Lipinski definition) is 1. The van der Waals surface area contributed by atoms with Gasteiger partial charge < -0.3 is 0 Å². The lowest BCUT2D eigenvalue weighted by atomic mass is 10.1. The molecular weight excluding hydrogens is 254 g/mol. The van der Waals surface area contributed by atoms with E-state index in [4.69, 9.17) is 0 Å². The Morgan fingerprint density at radius 3 is 2.24 bits per heavy atom. The summed E-state index contributed by atoms with van der Waals surface area (Å²) in [6, 6.07) is 10.5. The maximum Gasteiger partial charge on any atom is 0.0753 e. The Labute approximate surface area is 131 Å². The van der Waals surface area contributed by atoms with Gasteiger partial charge >= 0.3 is 0 Å². The molecule has 0 fully saturated rings. The summed E-state index contributed by atoms with van der Waals surface area (Å²) in [5, 5.41) is 0. The van der Waals surface area contributed by atoms with Crippen LogP contribution in [-0.2, 0) is 0 Å². The van der Waals surface area contributed by atoms with Gasteiger partial charge in [0, 0.05) is 5.56 Å². The fourth-order valence-electron chi connectivity index (χ4n) is 2.29. The molecule has 0 amide bonds. The van der Waals surface area contributed by atoms with E-state index in [9.17, 15) is 0 Å². The van der Waals surface area contributed by atoms with E-state index >= 15 is 0 Å². The highest BCUT2D eigenvalue weighted by Crippen LogP contribution is 2.09. The third-order valence-corrected chi connectivity index (χ3v) is 3.59. The molecule has 1 aromatic rings. The summed E-state index contributed by atoms with van der Waals surface area (Å²) < 4.78 is 0. The van der Waals surface area contributed by atoms with Crippen molar-refractivity contribution in [3.8, 4) is 11.8 Å². The Morgan fingerprint density at radius 2 is 1.71 bits per heavy atom. The van der Waals surface area contributed by atoms with E-state index < -0.39 is 0 Å². The zero-order valence-corrected chi connectivity index (χ0v) is 13.6. The standard InChI is InChI=1S/C20H29N/c1-4-7-17-21(18-8-5-2)20(12-6-3)16-15-19-13-10-9-11-14-19/h6,9-11,13-14,20H,3-5,7-8,12,17-18H2,1-2H3. The fraction of sp³-hybridized carbons (Fsp3) is 0.500. The van der Waals surface area contributed by atoms with Crippen molar-refractivity contribution in [2.75, 3.05) is 13.1 Å². The van der Waals surface area contributed by atoms with Crippen molar-refractivity contribution >= 4 is 0 Å². The predicted octanol–water partition coefficient (Wildman–Crippen LogP) is 4.89. The van der Waals surface area contributed by atoms with Gasteiger partial charge in [0.2, 0.25) is 0 Å². The number of benzene rings is 1. The molecule has 0 aliphatic rings. The highest BCUT2D eigenvalue weighted by Gasteiger charge is 2.13. The van der Waals surface area contributed by atoms with Gasteiger partial charge in [-0.1, -0.05) is 62.8 Å². The largest absolute Gasteiger partial charge is 0.290 e. The minimum Gasteiger partial charge on any atom is -0.290 e. The zero-order valence-electron chi connectivity index (χ0n) is 13.6. The van der Waals surface area contributed by atoms with E-state index in [1.165, 1.54) is 25.7 Å². The van der Waals surface area contributed by atoms with Gasteiger partial charge in [-0.05, 0) is 44.5 Å². The molecule has 0 N–H and O–H groups in total. The van der Waals surface area contributed by atoms with Gasteiger partial charge in [-0.25, -0.2) is 0 Å². The molecule has 0 saturated carbocycles. The second-order valence-corrected chi connectivity index (χ2v) is 5.42. The maximum absolute atomic E-state index is 3.90. The van der Waals surface area contributed by atoms with E-state index in [0.717, 1.165) is 25.1 Å². The van der Waals surface area contributed by atoms with Crippen molar-refractivity contribution in [3.63, 3.8) is 0 Å². The molecule has 0 aliphatic heterocycles. The Balaban J connectivity index is 2.79. The van der Waals surface area contributed by atoms with Gasteiger partial charge in [-0.2, -0.15) is 0 Å². The molecule has 0 heterocycles. The molecule has 1 atom stereocenters. The molecular formula is C20H29N. The first-order chi connectivity index (χ1) is 10.3. The van der Waals surface area contributed by atoms with E-state index in [0.29, 0.717) is 6.04 Å². The third kappa shape index (κ3) is 7.16. The number of unbranched alkanes of at least 4 members (excludes halogenated alkanes) is 2. The molecule has 0 spiro atoms. The second kappa shape index (κ2) is 11.2. The zero-order chi connectivity index (χ0) is 15.3. The van der Waals surface area contributed by atoms with Crippen LogP contribution in [0.1, 0.15) is 51.5 Å². The molecule has 0 aromatic heterocycles. The summed E-state index contributed by atoms with van der Waals surface area (Å²) in [6.07, 6.45) is 7.88. The SMILES string of the molecule is C=CCC(C#Cc1ccccc1)N(CCCC)CCCC. The van der Waals surface area contributed by atoms with Crippen LogP contribution >= 0.6 is 0 Å². The molecule has 0 bridgehead atoms. The van der Waals surface area contributed by atoms with Crippen molar-refractivity contribution < 1.29 is 0 Å². The maximum atomic E-state index is 3.90. The Bertz CT molecular complexity index is 430. The lowest BCUT2D eigenvalue weighted by Crippen LogP contribution is -2.35. The van der Waals surface area contributed by atoms with E-state index in [1.54, 1.807) is 0 Å². The number of nitrogens with zero attached hydrogens (tertiary/aromatic N) is 1. The molecule has 114 valence electrons. The summed E-state index contributed by atoms with van der Waals surface area (Å²) in [5.41, 5.74) is 1.09. The molecule has 1 rings (SSSR count). The van der Waals surface area contributed by atoms with Crippen LogP contribution in [0.3, 0.4) is 0 Å². The lowest BCUT2D eigenvalue weighted by molar-refractivity contribution is 0.229. The molecule has 1 nitrogen and oxygen atoms in total. The summed E-state index contributed by atoms with van der Waals surface area (Å²) in [5.74, 6) is 6.78. The van der Waals surface area contributed by atoms with Crippen molar-refractivity contribution in [2.45, 2.75) is 52.0 Å². The third-order valence-electron chi connectivity index (χ3n) is 3.59. The van der Waals surface area contributed by atoms with Gasteiger partial charge in [-0.15, -0.1) is 6.58 Å². The highest BCUT2D eigenvalue weighted by atomic mass is 15.1. The smallest absolute Gasteiger partial charge is 0.0753 e. The van der Waals surface area contributed by atoms with E-state index in [-0.39, 0.29) is 0 Å². The molecule has 21 heavy (non-hydrogen) atoms. The Kier molecular flexibility index (Phi) is 9.33. The molecule has 1 unspecified atom stereocenters. The highest BCUT2D eigenvalue weighted by molar-refractivity contribution is 5.35. The van der Waals surface area contributed by atoms with E-state index in [2.05, 4.69) is 49.3 Å². The molecule has 1 heteroatoms. The van der Waals surface area contributed by atoms with Crippen LogP contribution in [0.5, 0.6) is 0 Å². The molecule has 1 aromatic carbocycles. The molecule has 0 saturated heterocycles. The van der Waals surface area contributed by atoms with Crippen molar-refractivity contribution in [1.29, 1.82) is 0 Å². The average molecular weight is 283 g/mol. The topological polar surface area (TPSA) is 3.24 Å². The number of rotatable bonds is 9. The van der Waals surface area contributed by atoms with Crippen LogP contribution in [-0.4, -0.2) is 24.0 Å². The molecule has 0 aliphatic carbocycles. The first-order valence-electron chi connectivity index (χ1n) is 8.23. The fourth-order valence-corrected chi connectivity index (χ4v) is 2.29. The summed E-state index contributed by atoms with van der Waals surface area (Å²) >= 11 is 0. The average Bonchev–Trinajstić information content (AvgIpc) is 2.53. The second-order valence-electron chi connectivity index (χ2n) is 5.42. The lowest BCUT2D eigenvalue weighted by Gasteiger charge is -2.27. The van der Waals surface area contributed by atoms with Gasteiger partial charge in [0.05, 0.1) is 6.04 Å². The minimum atomic E-state index is 0.292.